The van der Waals surface area contributed by atoms with E-state index in [9.17, 15) is 19.0 Å². The number of rotatable bonds is 40. The third kappa shape index (κ3) is 40.2. The fraction of sp³-hybridized carbons (Fsp3) is 0.864. The van der Waals surface area contributed by atoms with Gasteiger partial charge in [0.1, 0.15) is 19.8 Å². The maximum atomic E-state index is 12.6. The monoisotopic (exact) mass is 787 g/mol. The average Bonchev–Trinajstić information content (AvgIpc) is 3.12. The van der Waals surface area contributed by atoms with Gasteiger partial charge < -0.3 is 18.9 Å². The number of esters is 2. The minimum Gasteiger partial charge on any atom is -0.462 e. The summed E-state index contributed by atoms with van der Waals surface area (Å²) in [7, 11) is 1.45. The van der Waals surface area contributed by atoms with Gasteiger partial charge in [-0.05, 0) is 51.4 Å². The Morgan fingerprint density at radius 1 is 0.556 bits per heavy atom. The molecular weight excluding hydrogens is 701 g/mol. The van der Waals surface area contributed by atoms with E-state index in [-0.39, 0.29) is 26.1 Å². The van der Waals surface area contributed by atoms with Crippen LogP contribution in [0.5, 0.6) is 0 Å². The molecule has 0 rings (SSSR count). The van der Waals surface area contributed by atoms with Crippen molar-refractivity contribution in [3.63, 3.8) is 0 Å². The number of carbonyl (C=O) groups excluding carboxylic acids is 2. The number of ether oxygens (including phenoxy) is 2. The van der Waals surface area contributed by atoms with Crippen molar-refractivity contribution in [1.29, 1.82) is 0 Å². The van der Waals surface area contributed by atoms with Gasteiger partial charge in [-0.25, -0.2) is 4.57 Å². The van der Waals surface area contributed by atoms with Crippen molar-refractivity contribution >= 4 is 19.8 Å². The fourth-order valence-electron chi connectivity index (χ4n) is 5.97. The molecule has 0 fully saturated rings. The van der Waals surface area contributed by atoms with Gasteiger partial charge in [-0.3, -0.25) is 18.6 Å². The van der Waals surface area contributed by atoms with Crippen LogP contribution in [0.4, 0.5) is 0 Å². The predicted octanol–water partition coefficient (Wildman–Crippen LogP) is 12.4. The lowest BCUT2D eigenvalue weighted by molar-refractivity contribution is -0.870. The second kappa shape index (κ2) is 37.1. The molecule has 9 nitrogen and oxygen atoms in total. The maximum Gasteiger partial charge on any atom is 0.472 e. The lowest BCUT2D eigenvalue weighted by Gasteiger charge is -2.24. The minimum absolute atomic E-state index is 0.0245. The van der Waals surface area contributed by atoms with Gasteiger partial charge in [0.25, 0.3) is 0 Å². The van der Waals surface area contributed by atoms with E-state index >= 15 is 0 Å². The smallest absolute Gasteiger partial charge is 0.462 e. The molecule has 0 aliphatic heterocycles. The van der Waals surface area contributed by atoms with Gasteiger partial charge in [0.2, 0.25) is 0 Å². The van der Waals surface area contributed by atoms with Crippen LogP contribution in [0.15, 0.2) is 24.3 Å². The highest BCUT2D eigenvalue weighted by atomic mass is 31.2. The average molecular weight is 787 g/mol. The van der Waals surface area contributed by atoms with Crippen LogP contribution in [0.3, 0.4) is 0 Å². The van der Waals surface area contributed by atoms with E-state index in [0.29, 0.717) is 23.9 Å². The van der Waals surface area contributed by atoms with Crippen LogP contribution in [0.1, 0.15) is 194 Å². The summed E-state index contributed by atoms with van der Waals surface area (Å²) in [5.74, 6) is -0.877. The number of quaternary nitrogens is 1. The summed E-state index contributed by atoms with van der Waals surface area (Å²) in [5, 5.41) is 0. The van der Waals surface area contributed by atoms with E-state index in [2.05, 4.69) is 32.1 Å². The molecule has 10 heteroatoms. The van der Waals surface area contributed by atoms with Crippen LogP contribution in [0.25, 0.3) is 0 Å². The molecule has 0 bridgehead atoms. The van der Waals surface area contributed by atoms with Crippen molar-refractivity contribution in [3.05, 3.63) is 24.3 Å². The molecule has 1 N–H and O–H groups in total. The van der Waals surface area contributed by atoms with Crippen molar-refractivity contribution in [2.24, 2.45) is 0 Å². The summed E-state index contributed by atoms with van der Waals surface area (Å²) in [4.78, 5) is 35.3. The van der Waals surface area contributed by atoms with Crippen molar-refractivity contribution in [2.75, 3.05) is 47.5 Å². The molecule has 318 valence electrons. The normalized spacial score (nSPS) is 13.8. The number of hydrogen-bond acceptors (Lipinski definition) is 7. The summed E-state index contributed by atoms with van der Waals surface area (Å²) in [5.41, 5.74) is 0. The Bertz CT molecular complexity index is 980. The zero-order valence-electron chi connectivity index (χ0n) is 35.7. The van der Waals surface area contributed by atoms with Gasteiger partial charge in [-0.2, -0.15) is 0 Å². The molecule has 0 saturated carbocycles. The number of hydrogen-bond donors (Lipinski definition) is 1. The Kier molecular flexibility index (Phi) is 36.1. The molecule has 0 heterocycles. The number of unbranched alkanes of at least 4 members (excludes halogenated alkanes) is 22. The Morgan fingerprint density at radius 3 is 1.44 bits per heavy atom. The van der Waals surface area contributed by atoms with Crippen molar-refractivity contribution in [2.45, 2.75) is 200 Å². The van der Waals surface area contributed by atoms with Gasteiger partial charge in [0.15, 0.2) is 6.10 Å². The third-order valence-electron chi connectivity index (χ3n) is 9.47. The summed E-state index contributed by atoms with van der Waals surface area (Å²) in [6.45, 7) is 4.37. The molecule has 1 unspecified atom stereocenters. The number of allylic oxidation sites excluding steroid dienone is 4. The highest BCUT2D eigenvalue weighted by molar-refractivity contribution is 7.47. The number of phosphoric acid groups is 1. The minimum atomic E-state index is -4.38. The quantitative estimate of drug-likeness (QED) is 0.0215. The van der Waals surface area contributed by atoms with E-state index in [4.69, 9.17) is 18.5 Å². The fourth-order valence-corrected chi connectivity index (χ4v) is 6.71. The molecule has 0 spiro atoms. The van der Waals surface area contributed by atoms with Crippen LogP contribution < -0.4 is 0 Å². The number of nitrogens with zero attached hydrogens (tertiary/aromatic N) is 1. The molecule has 0 saturated heterocycles. The van der Waals surface area contributed by atoms with Crippen molar-refractivity contribution in [1.82, 2.24) is 0 Å². The van der Waals surface area contributed by atoms with Crippen molar-refractivity contribution in [3.8, 4) is 0 Å². The van der Waals surface area contributed by atoms with Gasteiger partial charge in [0.05, 0.1) is 27.7 Å². The first kappa shape index (κ1) is 52.5. The van der Waals surface area contributed by atoms with E-state index in [1.807, 2.05) is 27.2 Å². The zero-order chi connectivity index (χ0) is 40.0. The highest BCUT2D eigenvalue weighted by Gasteiger charge is 2.27. The topological polar surface area (TPSA) is 108 Å². The summed E-state index contributed by atoms with van der Waals surface area (Å²) >= 11 is 0. The maximum absolute atomic E-state index is 12.6. The molecule has 0 aliphatic carbocycles. The first-order valence-corrected chi connectivity index (χ1v) is 23.6. The Labute approximate surface area is 332 Å². The lowest BCUT2D eigenvalue weighted by Crippen LogP contribution is -2.37. The number of likely N-dealkylation sites (N-methyl/N-ethyl adjacent to an activating group) is 1. The van der Waals surface area contributed by atoms with Crippen LogP contribution in [-0.2, 0) is 32.7 Å². The molecule has 0 radical (unpaired) electrons. The summed E-state index contributed by atoms with van der Waals surface area (Å²) in [6, 6.07) is 0. The molecule has 2 atom stereocenters. The third-order valence-corrected chi connectivity index (χ3v) is 10.5. The Balaban J connectivity index is 4.42. The van der Waals surface area contributed by atoms with Crippen LogP contribution >= 0.6 is 7.82 Å². The molecule has 0 aromatic heterocycles. The van der Waals surface area contributed by atoms with E-state index in [0.717, 1.165) is 32.1 Å². The summed E-state index contributed by atoms with van der Waals surface area (Å²) < 4.78 is 34.2. The van der Waals surface area contributed by atoms with Gasteiger partial charge in [-0.1, -0.05) is 154 Å². The molecule has 0 aromatic carbocycles. The van der Waals surface area contributed by atoms with Gasteiger partial charge in [-0.15, -0.1) is 0 Å². The van der Waals surface area contributed by atoms with E-state index in [1.54, 1.807) is 0 Å². The van der Waals surface area contributed by atoms with Gasteiger partial charge >= 0.3 is 19.8 Å². The first-order valence-electron chi connectivity index (χ1n) is 22.1. The first-order chi connectivity index (χ1) is 26.0. The lowest BCUT2D eigenvalue weighted by atomic mass is 10.1. The predicted molar refractivity (Wildman–Crippen MR) is 224 cm³/mol. The van der Waals surface area contributed by atoms with E-state index in [1.165, 1.54) is 122 Å². The zero-order valence-corrected chi connectivity index (χ0v) is 36.6. The van der Waals surface area contributed by atoms with Crippen LogP contribution in [0, 0.1) is 0 Å². The Hall–Kier alpha value is -1.51. The van der Waals surface area contributed by atoms with Crippen LogP contribution in [0.2, 0.25) is 0 Å². The molecular formula is C44H85NO8P+. The van der Waals surface area contributed by atoms with E-state index < -0.39 is 32.5 Å². The SMILES string of the molecule is CCCCCCCCCCC/C=C/CCCCC(=O)OC[C@H](COP(=O)(O)OCC[N+](C)(C)C)OC(=O)CC/C=C/CCCCCCCCCCCCC. The summed E-state index contributed by atoms with van der Waals surface area (Å²) in [6.07, 6.45) is 39.5. The largest absolute Gasteiger partial charge is 0.472 e. The van der Waals surface area contributed by atoms with Crippen LogP contribution in [-0.4, -0.2) is 74.9 Å². The number of carbonyl (C=O) groups is 2. The second-order valence-corrected chi connectivity index (χ2v) is 17.5. The standard InChI is InChI=1S/C44H84NO8P/c1-6-8-10-12-14-16-18-20-22-24-26-28-30-32-34-36-43(46)50-40-42(41-52-54(48,49)51-39-38-45(3,4)5)53-44(47)37-35-33-31-29-27-25-23-21-19-17-15-13-11-9-7-2/h26,28,31,33,42H,6-25,27,29-30,32,34-41H2,1-5H3/p+1/b28-26+,33-31+/t42-/m1/s1. The molecule has 0 amide bonds. The molecule has 0 aliphatic rings. The highest BCUT2D eigenvalue weighted by Crippen LogP contribution is 2.43. The Morgan fingerprint density at radius 2 is 0.981 bits per heavy atom. The second-order valence-electron chi connectivity index (χ2n) is 16.1. The molecule has 54 heavy (non-hydrogen) atoms. The van der Waals surface area contributed by atoms with Gasteiger partial charge in [0, 0.05) is 12.8 Å². The molecule has 0 aromatic rings. The number of phosphoric ester groups is 1. The van der Waals surface area contributed by atoms with Crippen molar-refractivity contribution < 1.29 is 42.1 Å².